The van der Waals surface area contributed by atoms with Gasteiger partial charge in [-0.1, -0.05) is 30.3 Å². The number of methoxy groups -OCH3 is 1. The predicted molar refractivity (Wildman–Crippen MR) is 128 cm³/mol. The summed E-state index contributed by atoms with van der Waals surface area (Å²) in [7, 11) is 1.33. The van der Waals surface area contributed by atoms with E-state index in [2.05, 4.69) is 21.2 Å². The van der Waals surface area contributed by atoms with Crippen molar-refractivity contribution < 1.29 is 24.2 Å². The van der Waals surface area contributed by atoms with Crippen molar-refractivity contribution in [2.24, 2.45) is 0 Å². The number of Topliss-reactive ketones (excluding diaryl/α,β-unsaturated/α-hetero) is 1. The Hall–Kier alpha value is -3.06. The number of phenolic OH excluding ortho intramolecular Hbond substituents is 1. The molecule has 0 radical (unpaired) electrons. The van der Waals surface area contributed by atoms with Crippen LogP contribution in [-0.4, -0.2) is 30.6 Å². The molecule has 2 aliphatic rings. The van der Waals surface area contributed by atoms with Gasteiger partial charge in [-0.05, 0) is 65.4 Å². The van der Waals surface area contributed by atoms with Crippen LogP contribution in [0.3, 0.4) is 0 Å². The molecule has 2 aromatic rings. The van der Waals surface area contributed by atoms with Gasteiger partial charge < -0.3 is 19.9 Å². The maximum atomic E-state index is 13.6. The molecule has 1 aliphatic carbocycles. The molecule has 2 atom stereocenters. The molecular weight excluding hydrogens is 486 g/mol. The first-order valence-electron chi connectivity index (χ1n) is 10.9. The molecule has 2 N–H and O–H groups in total. The summed E-state index contributed by atoms with van der Waals surface area (Å²) in [4.78, 5) is 26.4. The van der Waals surface area contributed by atoms with E-state index in [1.165, 1.54) is 7.11 Å². The smallest absolute Gasteiger partial charge is 0.336 e. The first-order chi connectivity index (χ1) is 15.8. The van der Waals surface area contributed by atoms with Crippen molar-refractivity contribution >= 4 is 27.7 Å². The summed E-state index contributed by atoms with van der Waals surface area (Å²) >= 11 is 3.39. The lowest BCUT2D eigenvalue weighted by Crippen LogP contribution is -2.36. The monoisotopic (exact) mass is 511 g/mol. The molecule has 33 heavy (non-hydrogen) atoms. The molecule has 0 saturated carbocycles. The SMILES string of the molecule is CCOc1cc([C@H]2C(C(=O)OC)=C(C)NC3=C2C(=O)C[C@H](c2ccccc2)C3)cc(Br)c1O. The number of allylic oxidation sites excluding steroid dienone is 3. The van der Waals surface area contributed by atoms with Gasteiger partial charge in [-0.3, -0.25) is 4.79 Å². The second kappa shape index (κ2) is 9.43. The largest absolute Gasteiger partial charge is 0.503 e. The Kier molecular flexibility index (Phi) is 6.61. The lowest BCUT2D eigenvalue weighted by atomic mass is 9.71. The van der Waals surface area contributed by atoms with E-state index in [0.29, 0.717) is 46.3 Å². The summed E-state index contributed by atoms with van der Waals surface area (Å²) in [5, 5.41) is 13.7. The number of benzene rings is 2. The number of halogens is 1. The average molecular weight is 512 g/mol. The van der Waals surface area contributed by atoms with Crippen molar-refractivity contribution in [3.8, 4) is 11.5 Å². The molecule has 6 nitrogen and oxygen atoms in total. The highest BCUT2D eigenvalue weighted by molar-refractivity contribution is 9.10. The standard InChI is InChI=1S/C26H26BrNO5/c1-4-33-21-13-17(10-18(27)25(21)30)23-22(26(31)32-3)14(2)28-19-11-16(12-20(29)24(19)23)15-8-6-5-7-9-15/h5-10,13,16,23,28,30H,4,11-12H2,1-3H3/t16-,23+/m1/s1. The van der Waals surface area contributed by atoms with Gasteiger partial charge in [0, 0.05) is 29.3 Å². The van der Waals surface area contributed by atoms with Crippen LogP contribution >= 0.6 is 15.9 Å². The number of nitrogens with one attached hydrogen (secondary N) is 1. The Labute approximate surface area is 201 Å². The van der Waals surface area contributed by atoms with Crippen LogP contribution in [0.1, 0.15) is 49.7 Å². The highest BCUT2D eigenvalue weighted by atomic mass is 79.9. The van der Waals surface area contributed by atoms with E-state index >= 15 is 0 Å². The topological polar surface area (TPSA) is 84.9 Å². The highest BCUT2D eigenvalue weighted by Crippen LogP contribution is 2.48. The van der Waals surface area contributed by atoms with Gasteiger partial charge in [0.15, 0.2) is 17.3 Å². The molecule has 7 heteroatoms. The number of hydrogen-bond acceptors (Lipinski definition) is 6. The van der Waals surface area contributed by atoms with Gasteiger partial charge in [-0.15, -0.1) is 0 Å². The van der Waals surface area contributed by atoms with Crippen LogP contribution in [0.4, 0.5) is 0 Å². The number of carbonyl (C=O) groups is 2. The Bertz CT molecular complexity index is 1170. The number of ketones is 1. The third-order valence-electron chi connectivity index (χ3n) is 6.19. The molecule has 0 unspecified atom stereocenters. The fourth-order valence-corrected chi connectivity index (χ4v) is 5.20. The van der Waals surface area contributed by atoms with E-state index in [-0.39, 0.29) is 23.2 Å². The number of aromatic hydroxyl groups is 1. The van der Waals surface area contributed by atoms with Crippen molar-refractivity contribution in [1.82, 2.24) is 5.32 Å². The molecule has 0 spiro atoms. The van der Waals surface area contributed by atoms with E-state index in [1.807, 2.05) is 44.2 Å². The minimum Gasteiger partial charge on any atom is -0.503 e. The molecule has 0 amide bonds. The molecule has 0 fully saturated rings. The first kappa shape index (κ1) is 23.1. The molecule has 172 valence electrons. The lowest BCUT2D eigenvalue weighted by molar-refractivity contribution is -0.136. The van der Waals surface area contributed by atoms with Crippen molar-refractivity contribution in [3.63, 3.8) is 0 Å². The minimum absolute atomic E-state index is 0.0151. The van der Waals surface area contributed by atoms with Crippen LogP contribution in [0.25, 0.3) is 0 Å². The molecule has 0 aromatic heterocycles. The van der Waals surface area contributed by atoms with Crippen LogP contribution in [0.15, 0.2) is 69.5 Å². The third-order valence-corrected chi connectivity index (χ3v) is 6.79. The van der Waals surface area contributed by atoms with Gasteiger partial charge in [0.05, 0.1) is 23.8 Å². The number of ether oxygens (including phenoxy) is 2. The number of phenols is 1. The van der Waals surface area contributed by atoms with Crippen molar-refractivity contribution in [3.05, 3.63) is 80.6 Å². The molecule has 2 aromatic carbocycles. The second-order valence-corrected chi connectivity index (χ2v) is 9.06. The fourth-order valence-electron chi connectivity index (χ4n) is 4.74. The Morgan fingerprint density at radius 2 is 1.91 bits per heavy atom. The summed E-state index contributed by atoms with van der Waals surface area (Å²) in [5.74, 6) is -0.828. The van der Waals surface area contributed by atoms with Gasteiger partial charge in [-0.2, -0.15) is 0 Å². The van der Waals surface area contributed by atoms with Gasteiger partial charge in [0.1, 0.15) is 0 Å². The Morgan fingerprint density at radius 1 is 1.18 bits per heavy atom. The van der Waals surface area contributed by atoms with Crippen LogP contribution in [0.2, 0.25) is 0 Å². The molecular formula is C26H26BrNO5. The summed E-state index contributed by atoms with van der Waals surface area (Å²) in [6.07, 6.45) is 1.01. The van der Waals surface area contributed by atoms with Gasteiger partial charge in [-0.25, -0.2) is 4.79 Å². The van der Waals surface area contributed by atoms with Crippen LogP contribution in [-0.2, 0) is 14.3 Å². The number of hydrogen-bond donors (Lipinski definition) is 2. The fraction of sp³-hybridized carbons (Fsp3) is 0.308. The highest BCUT2D eigenvalue weighted by Gasteiger charge is 2.41. The van der Waals surface area contributed by atoms with Crippen LogP contribution in [0, 0.1) is 0 Å². The summed E-state index contributed by atoms with van der Waals surface area (Å²) in [5.41, 5.74) is 4.19. The Balaban J connectivity index is 1.86. The second-order valence-electron chi connectivity index (χ2n) is 8.20. The van der Waals surface area contributed by atoms with Crippen molar-refractivity contribution in [2.45, 2.75) is 38.5 Å². The van der Waals surface area contributed by atoms with Gasteiger partial charge in [0.25, 0.3) is 0 Å². The van der Waals surface area contributed by atoms with Crippen LogP contribution < -0.4 is 10.1 Å². The maximum absolute atomic E-state index is 13.6. The zero-order valence-electron chi connectivity index (χ0n) is 18.8. The minimum atomic E-state index is -0.631. The van der Waals surface area contributed by atoms with E-state index in [4.69, 9.17) is 9.47 Å². The van der Waals surface area contributed by atoms with Gasteiger partial charge in [0.2, 0.25) is 0 Å². The van der Waals surface area contributed by atoms with E-state index in [9.17, 15) is 14.7 Å². The molecule has 4 rings (SSSR count). The quantitative estimate of drug-likeness (QED) is 0.544. The molecule has 1 aliphatic heterocycles. The van der Waals surface area contributed by atoms with E-state index < -0.39 is 11.9 Å². The van der Waals surface area contributed by atoms with Crippen molar-refractivity contribution in [1.29, 1.82) is 0 Å². The lowest BCUT2D eigenvalue weighted by Gasteiger charge is -2.36. The van der Waals surface area contributed by atoms with E-state index in [0.717, 1.165) is 11.3 Å². The first-order valence-corrected chi connectivity index (χ1v) is 11.7. The predicted octanol–water partition coefficient (Wildman–Crippen LogP) is 5.09. The van der Waals surface area contributed by atoms with E-state index in [1.54, 1.807) is 12.1 Å². The Morgan fingerprint density at radius 3 is 2.58 bits per heavy atom. The summed E-state index contributed by atoms with van der Waals surface area (Å²) in [6, 6.07) is 13.4. The zero-order valence-corrected chi connectivity index (χ0v) is 20.4. The zero-order chi connectivity index (χ0) is 23.7. The van der Waals surface area contributed by atoms with Crippen LogP contribution in [0.5, 0.6) is 11.5 Å². The number of rotatable bonds is 5. The molecule has 0 saturated heterocycles. The van der Waals surface area contributed by atoms with Gasteiger partial charge >= 0.3 is 5.97 Å². The number of dihydropyridines is 1. The summed E-state index contributed by atoms with van der Waals surface area (Å²) in [6.45, 7) is 4.00. The molecule has 1 heterocycles. The molecule has 0 bridgehead atoms. The number of esters is 1. The normalized spacial score (nSPS) is 20.3. The van der Waals surface area contributed by atoms with Crippen molar-refractivity contribution in [2.75, 3.05) is 13.7 Å². The third kappa shape index (κ3) is 4.29. The number of carbonyl (C=O) groups excluding carboxylic acids is 2. The maximum Gasteiger partial charge on any atom is 0.336 e. The summed E-state index contributed by atoms with van der Waals surface area (Å²) < 4.78 is 11.1. The average Bonchev–Trinajstić information content (AvgIpc) is 2.81.